The molecule has 1 unspecified atom stereocenters. The van der Waals surface area contributed by atoms with Gasteiger partial charge in [0.15, 0.2) is 0 Å². The normalized spacial score (nSPS) is 17.1. The van der Waals surface area contributed by atoms with Crippen molar-refractivity contribution >= 4 is 40.9 Å². The summed E-state index contributed by atoms with van der Waals surface area (Å²) >= 11 is 12.5. The van der Waals surface area contributed by atoms with E-state index in [-0.39, 0.29) is 11.7 Å². The molecule has 9 heteroatoms. The smallest absolute Gasteiger partial charge is 0.412 e. The molecule has 0 radical (unpaired) electrons. The lowest BCUT2D eigenvalue weighted by Gasteiger charge is -2.44. The molecule has 3 aromatic rings. The number of likely N-dealkylation sites (tertiary alicyclic amines) is 1. The van der Waals surface area contributed by atoms with Crippen molar-refractivity contribution in [3.8, 4) is 0 Å². The molecular formula is C31H32Cl2FN3O3. The number of benzene rings is 3. The molecule has 3 aromatic carbocycles. The lowest BCUT2D eigenvalue weighted by molar-refractivity contribution is -0.132. The van der Waals surface area contributed by atoms with E-state index < -0.39 is 17.6 Å². The number of aryl methyl sites for hydroxylation is 1. The number of fused-ring (bicyclic) bond motifs is 2. The minimum atomic E-state index is -0.858. The van der Waals surface area contributed by atoms with Gasteiger partial charge in [-0.25, -0.2) is 9.18 Å². The Hall–Kier alpha value is -3.13. The second kappa shape index (κ2) is 11.8. The second-order valence-electron chi connectivity index (χ2n) is 10.7. The van der Waals surface area contributed by atoms with Crippen LogP contribution in [0.5, 0.6) is 0 Å². The summed E-state index contributed by atoms with van der Waals surface area (Å²) in [5.74, 6) is -0.769. The summed E-state index contributed by atoms with van der Waals surface area (Å²) in [7, 11) is 1.82. The van der Waals surface area contributed by atoms with Gasteiger partial charge in [0.05, 0.1) is 21.7 Å². The van der Waals surface area contributed by atoms with Crippen molar-refractivity contribution in [2.45, 2.75) is 44.2 Å². The van der Waals surface area contributed by atoms with Crippen molar-refractivity contribution in [1.29, 1.82) is 0 Å². The Kier molecular flexibility index (Phi) is 8.36. The molecule has 0 saturated carbocycles. The van der Waals surface area contributed by atoms with Gasteiger partial charge in [0.2, 0.25) is 5.91 Å². The summed E-state index contributed by atoms with van der Waals surface area (Å²) in [6, 6.07) is 17.9. The minimum absolute atomic E-state index is 0.00383. The van der Waals surface area contributed by atoms with Crippen LogP contribution < -0.4 is 5.32 Å². The molecule has 0 bridgehead atoms. The van der Waals surface area contributed by atoms with Gasteiger partial charge in [-0.15, -0.1) is 0 Å². The first kappa shape index (κ1) is 28.4. The molecule has 40 heavy (non-hydrogen) atoms. The van der Waals surface area contributed by atoms with Crippen LogP contribution in [0.2, 0.25) is 10.0 Å². The largest absolute Gasteiger partial charge is 0.438 e. The van der Waals surface area contributed by atoms with Gasteiger partial charge < -0.3 is 14.5 Å². The SMILES string of the molecule is Cc1ccc(CN(C)C(=O)C(CCN2CCC3(CC2)OC(=O)Nc2ccc(F)cc23)c2ccc(Cl)c(Cl)c2)cc1. The number of halogens is 3. The molecule has 1 atom stereocenters. The number of nitrogens with zero attached hydrogens (tertiary/aromatic N) is 2. The molecule has 210 valence electrons. The van der Waals surface area contributed by atoms with Crippen LogP contribution in [0, 0.1) is 12.7 Å². The van der Waals surface area contributed by atoms with E-state index in [4.69, 9.17) is 27.9 Å². The third-order valence-corrected chi connectivity index (χ3v) is 8.69. The van der Waals surface area contributed by atoms with Crippen LogP contribution in [-0.2, 0) is 21.7 Å². The van der Waals surface area contributed by atoms with Gasteiger partial charge in [0, 0.05) is 45.1 Å². The van der Waals surface area contributed by atoms with E-state index in [1.165, 1.54) is 17.7 Å². The fourth-order valence-corrected chi connectivity index (χ4v) is 5.97. The number of hydrogen-bond donors (Lipinski definition) is 1. The zero-order chi connectivity index (χ0) is 28.4. The average Bonchev–Trinajstić information content (AvgIpc) is 2.93. The number of nitrogens with one attached hydrogen (secondary N) is 1. The van der Waals surface area contributed by atoms with Gasteiger partial charge in [0.25, 0.3) is 0 Å². The maximum absolute atomic E-state index is 14.1. The van der Waals surface area contributed by atoms with Gasteiger partial charge in [-0.2, -0.15) is 0 Å². The molecule has 5 rings (SSSR count). The van der Waals surface area contributed by atoms with Crippen LogP contribution in [-0.4, -0.2) is 48.5 Å². The maximum atomic E-state index is 14.1. The highest BCUT2D eigenvalue weighted by Crippen LogP contribution is 2.44. The molecule has 1 spiro atoms. The monoisotopic (exact) mass is 583 g/mol. The van der Waals surface area contributed by atoms with Crippen LogP contribution >= 0.6 is 23.2 Å². The topological polar surface area (TPSA) is 61.9 Å². The van der Waals surface area contributed by atoms with Crippen LogP contribution in [0.3, 0.4) is 0 Å². The summed E-state index contributed by atoms with van der Waals surface area (Å²) in [6.45, 7) is 4.48. The highest BCUT2D eigenvalue weighted by molar-refractivity contribution is 6.42. The van der Waals surface area contributed by atoms with Crippen molar-refractivity contribution in [3.05, 3.63) is 98.8 Å². The standard InChI is InChI=1S/C31H32Cl2FN3O3/c1-20-3-5-21(6-4-20)19-36(2)29(38)24(22-7-9-26(32)27(33)17-22)11-14-37-15-12-31(13-16-37)25-18-23(34)8-10-28(25)35-30(39)40-31/h3-10,17-18,24H,11-16,19H2,1-2H3,(H,35,39). The molecule has 1 saturated heterocycles. The van der Waals surface area contributed by atoms with Crippen molar-refractivity contribution in [2.75, 3.05) is 32.0 Å². The molecule has 2 heterocycles. The highest BCUT2D eigenvalue weighted by atomic mass is 35.5. The van der Waals surface area contributed by atoms with Gasteiger partial charge in [-0.3, -0.25) is 10.1 Å². The van der Waals surface area contributed by atoms with Crippen LogP contribution in [0.1, 0.15) is 47.4 Å². The van der Waals surface area contributed by atoms with E-state index in [1.54, 1.807) is 23.1 Å². The van der Waals surface area contributed by atoms with E-state index in [0.29, 0.717) is 66.7 Å². The van der Waals surface area contributed by atoms with E-state index >= 15 is 0 Å². The number of piperidine rings is 1. The van der Waals surface area contributed by atoms with E-state index in [9.17, 15) is 14.0 Å². The van der Waals surface area contributed by atoms with E-state index in [2.05, 4.69) is 10.2 Å². The lowest BCUT2D eigenvalue weighted by Crippen LogP contribution is -2.48. The minimum Gasteiger partial charge on any atom is -0.438 e. The maximum Gasteiger partial charge on any atom is 0.412 e. The van der Waals surface area contributed by atoms with E-state index in [0.717, 1.165) is 11.1 Å². The summed E-state index contributed by atoms with van der Waals surface area (Å²) in [5, 5.41) is 3.53. The average molecular weight is 585 g/mol. The molecular weight excluding hydrogens is 552 g/mol. The first-order chi connectivity index (χ1) is 19.1. The Labute approximate surface area is 244 Å². The lowest BCUT2D eigenvalue weighted by atomic mass is 9.82. The summed E-state index contributed by atoms with van der Waals surface area (Å²) in [5.41, 5.74) is 3.46. The van der Waals surface area contributed by atoms with Crippen LogP contribution in [0.15, 0.2) is 60.7 Å². The Balaban J connectivity index is 1.29. The quantitative estimate of drug-likeness (QED) is 0.321. The Morgan fingerprint density at radius 3 is 2.50 bits per heavy atom. The molecule has 6 nitrogen and oxygen atoms in total. The Morgan fingerprint density at radius 1 is 1.07 bits per heavy atom. The predicted octanol–water partition coefficient (Wildman–Crippen LogP) is 7.13. The van der Waals surface area contributed by atoms with Crippen molar-refractivity contribution < 1.29 is 18.7 Å². The summed E-state index contributed by atoms with van der Waals surface area (Å²) < 4.78 is 19.9. The first-order valence-corrected chi connectivity index (χ1v) is 14.2. The summed E-state index contributed by atoms with van der Waals surface area (Å²) in [4.78, 5) is 30.0. The number of amides is 2. The second-order valence-corrected chi connectivity index (χ2v) is 11.5. The third-order valence-electron chi connectivity index (χ3n) is 7.96. The molecule has 1 fully saturated rings. The zero-order valence-corrected chi connectivity index (χ0v) is 24.1. The molecule has 2 aliphatic heterocycles. The number of ether oxygens (including phenoxy) is 1. The van der Waals surface area contributed by atoms with Crippen molar-refractivity contribution in [3.63, 3.8) is 0 Å². The number of carbonyl (C=O) groups excluding carboxylic acids is 2. The van der Waals surface area contributed by atoms with Gasteiger partial charge >= 0.3 is 6.09 Å². The number of carbonyl (C=O) groups is 2. The fourth-order valence-electron chi connectivity index (χ4n) is 5.66. The third kappa shape index (κ3) is 6.12. The number of hydrogen-bond acceptors (Lipinski definition) is 4. The fraction of sp³-hybridized carbons (Fsp3) is 0.355. The molecule has 0 aromatic heterocycles. The van der Waals surface area contributed by atoms with Crippen molar-refractivity contribution in [1.82, 2.24) is 9.80 Å². The van der Waals surface area contributed by atoms with Crippen LogP contribution in [0.4, 0.5) is 14.9 Å². The first-order valence-electron chi connectivity index (χ1n) is 13.4. The van der Waals surface area contributed by atoms with Crippen LogP contribution in [0.25, 0.3) is 0 Å². The number of likely N-dealkylation sites (N-methyl/N-ethyl adjacent to an activating group) is 1. The molecule has 1 N–H and O–H groups in total. The highest BCUT2D eigenvalue weighted by Gasteiger charge is 2.44. The van der Waals surface area contributed by atoms with Gasteiger partial charge in [-0.05, 0) is 61.3 Å². The van der Waals surface area contributed by atoms with Gasteiger partial charge in [-0.1, -0.05) is 59.1 Å². The van der Waals surface area contributed by atoms with Crippen molar-refractivity contribution in [2.24, 2.45) is 0 Å². The van der Waals surface area contributed by atoms with Gasteiger partial charge in [0.1, 0.15) is 11.4 Å². The molecule has 2 aliphatic rings. The Bertz CT molecular complexity index is 1410. The Morgan fingerprint density at radius 2 is 1.80 bits per heavy atom. The molecule has 0 aliphatic carbocycles. The number of rotatable bonds is 7. The number of anilines is 1. The zero-order valence-electron chi connectivity index (χ0n) is 22.6. The predicted molar refractivity (Wildman–Crippen MR) is 155 cm³/mol. The molecule has 2 amide bonds. The summed E-state index contributed by atoms with van der Waals surface area (Å²) in [6.07, 6.45) is 1.13. The van der Waals surface area contributed by atoms with E-state index in [1.807, 2.05) is 44.3 Å².